The maximum atomic E-state index is 4.86. The minimum absolute atomic E-state index is 0.908. The van der Waals surface area contributed by atoms with E-state index in [4.69, 9.17) is 9.98 Å². The van der Waals surface area contributed by atoms with Crippen molar-refractivity contribution in [2.75, 3.05) is 0 Å². The van der Waals surface area contributed by atoms with Gasteiger partial charge in [0.05, 0.1) is 11.4 Å². The van der Waals surface area contributed by atoms with Crippen LogP contribution in [0.1, 0.15) is 44.5 Å². The smallest absolute Gasteiger partial charge is 0.0633 e. The van der Waals surface area contributed by atoms with Gasteiger partial charge in [-0.25, -0.2) is 0 Å². The van der Waals surface area contributed by atoms with Gasteiger partial charge in [0.15, 0.2) is 0 Å². The van der Waals surface area contributed by atoms with Crippen LogP contribution in [0.5, 0.6) is 0 Å². The standard InChI is InChI=1S/C41H28N2/c1-3-7-36-28(5-1)19-30-17-26(9-13-38(30)36)24-42-34-11-15-40-32(22-34)21-33-23-35(12-16-41(33)40)43-25-27-10-14-39-31(18-27)20-29-6-2-4-8-37(29)39/h1-18,22-25H,19-21H2/b42-24+,43-25+. The molecule has 0 saturated carbocycles. The molecule has 2 heteroatoms. The van der Waals surface area contributed by atoms with Crippen molar-refractivity contribution in [3.63, 3.8) is 0 Å². The average molecular weight is 549 g/mol. The molecule has 0 N–H and O–H groups in total. The van der Waals surface area contributed by atoms with Gasteiger partial charge >= 0.3 is 0 Å². The normalized spacial score (nSPS) is 13.6. The van der Waals surface area contributed by atoms with Crippen molar-refractivity contribution < 1.29 is 0 Å². The van der Waals surface area contributed by atoms with Gasteiger partial charge < -0.3 is 0 Å². The Kier molecular flexibility index (Phi) is 5.42. The summed E-state index contributed by atoms with van der Waals surface area (Å²) in [5.74, 6) is 0. The second-order valence-corrected chi connectivity index (χ2v) is 11.9. The van der Waals surface area contributed by atoms with E-state index in [-0.39, 0.29) is 0 Å². The molecule has 0 spiro atoms. The molecule has 0 bridgehead atoms. The van der Waals surface area contributed by atoms with Crippen molar-refractivity contribution in [3.05, 3.63) is 166 Å². The van der Waals surface area contributed by atoms with E-state index in [1.54, 1.807) is 0 Å². The highest BCUT2D eigenvalue weighted by atomic mass is 14.7. The first kappa shape index (κ1) is 24.3. The fraction of sp³-hybridized carbons (Fsp3) is 0.0732. The summed E-state index contributed by atoms with van der Waals surface area (Å²) in [4.78, 5) is 9.72. The summed E-state index contributed by atoms with van der Waals surface area (Å²) in [5, 5.41) is 0. The Balaban J connectivity index is 0.916. The molecule has 0 radical (unpaired) electrons. The summed E-state index contributed by atoms with van der Waals surface area (Å²) in [6.45, 7) is 0. The van der Waals surface area contributed by atoms with Crippen molar-refractivity contribution in [2.45, 2.75) is 19.3 Å². The Morgan fingerprint density at radius 3 is 1.21 bits per heavy atom. The molecule has 202 valence electrons. The van der Waals surface area contributed by atoms with Gasteiger partial charge in [-0.3, -0.25) is 9.98 Å². The molecule has 0 atom stereocenters. The number of benzene rings is 6. The molecule has 0 heterocycles. The first-order valence-corrected chi connectivity index (χ1v) is 15.0. The van der Waals surface area contributed by atoms with Crippen LogP contribution in [-0.2, 0) is 19.3 Å². The average Bonchev–Trinajstić information content (AvgIpc) is 3.72. The molecule has 0 fully saturated rings. The van der Waals surface area contributed by atoms with Crippen LogP contribution in [0.3, 0.4) is 0 Å². The highest BCUT2D eigenvalue weighted by molar-refractivity contribution is 5.88. The highest BCUT2D eigenvalue weighted by Crippen LogP contribution is 2.41. The Bertz CT molecular complexity index is 2010. The molecule has 6 aromatic carbocycles. The van der Waals surface area contributed by atoms with Gasteiger partial charge in [0, 0.05) is 12.4 Å². The van der Waals surface area contributed by atoms with Gasteiger partial charge in [-0.1, -0.05) is 84.9 Å². The molecule has 0 aliphatic heterocycles. The molecular weight excluding hydrogens is 520 g/mol. The fourth-order valence-electron chi connectivity index (χ4n) is 7.13. The van der Waals surface area contributed by atoms with Crippen molar-refractivity contribution in [1.29, 1.82) is 0 Å². The number of hydrogen-bond donors (Lipinski definition) is 0. The summed E-state index contributed by atoms with van der Waals surface area (Å²) < 4.78 is 0. The molecule has 2 nitrogen and oxygen atoms in total. The maximum absolute atomic E-state index is 4.86. The van der Waals surface area contributed by atoms with Crippen LogP contribution in [-0.4, -0.2) is 12.4 Å². The molecule has 0 aromatic heterocycles. The third-order valence-corrected chi connectivity index (χ3v) is 9.21. The zero-order valence-corrected chi connectivity index (χ0v) is 23.7. The van der Waals surface area contributed by atoms with Gasteiger partial charge in [-0.2, -0.15) is 0 Å². The quantitative estimate of drug-likeness (QED) is 0.196. The lowest BCUT2D eigenvalue weighted by molar-refractivity contribution is 1.25. The van der Waals surface area contributed by atoms with E-state index in [9.17, 15) is 0 Å². The number of hydrogen-bond acceptors (Lipinski definition) is 2. The molecule has 3 aliphatic carbocycles. The first-order valence-electron chi connectivity index (χ1n) is 15.0. The Morgan fingerprint density at radius 2 is 0.721 bits per heavy atom. The third kappa shape index (κ3) is 4.18. The summed E-state index contributed by atoms with van der Waals surface area (Å²) in [6, 6.07) is 44.0. The van der Waals surface area contributed by atoms with E-state index in [1.165, 1.54) is 66.8 Å². The molecular formula is C41H28N2. The molecule has 0 amide bonds. The van der Waals surface area contributed by atoms with E-state index >= 15 is 0 Å². The molecule has 3 aliphatic rings. The second kappa shape index (κ2) is 9.61. The number of rotatable bonds is 4. The van der Waals surface area contributed by atoms with Gasteiger partial charge in [0.1, 0.15) is 0 Å². The Hall–Kier alpha value is -5.34. The largest absolute Gasteiger partial charge is 0.256 e. The minimum Gasteiger partial charge on any atom is -0.256 e. The van der Waals surface area contributed by atoms with Crippen LogP contribution < -0.4 is 0 Å². The van der Waals surface area contributed by atoms with Crippen LogP contribution in [0.4, 0.5) is 11.4 Å². The lowest BCUT2D eigenvalue weighted by atomic mass is 10.0. The molecule has 43 heavy (non-hydrogen) atoms. The second-order valence-electron chi connectivity index (χ2n) is 11.9. The molecule has 6 aromatic rings. The van der Waals surface area contributed by atoms with Crippen LogP contribution in [0, 0.1) is 0 Å². The number of nitrogens with zero attached hydrogens (tertiary/aromatic N) is 2. The fourth-order valence-corrected chi connectivity index (χ4v) is 7.13. The number of fused-ring (bicyclic) bond motifs is 9. The van der Waals surface area contributed by atoms with Crippen molar-refractivity contribution in [2.24, 2.45) is 9.98 Å². The Morgan fingerprint density at radius 1 is 0.349 bits per heavy atom. The highest BCUT2D eigenvalue weighted by Gasteiger charge is 2.20. The van der Waals surface area contributed by atoms with E-state index in [0.29, 0.717) is 0 Å². The zero-order chi connectivity index (χ0) is 28.3. The maximum Gasteiger partial charge on any atom is 0.0633 e. The van der Waals surface area contributed by atoms with E-state index in [0.717, 1.165) is 41.8 Å². The third-order valence-electron chi connectivity index (χ3n) is 9.21. The number of aliphatic imine (C=N–C) groups is 2. The lowest BCUT2D eigenvalue weighted by Crippen LogP contribution is -1.86. The summed E-state index contributed by atoms with van der Waals surface area (Å²) in [6.07, 6.45) is 6.90. The SMILES string of the molecule is C(=N\c1ccc2c(c1)Cc1cc(/N=C/c3ccc4c(c3)Cc3ccccc3-4)ccc1-2)/c1ccc2c(c1)Cc1ccccc1-2. The molecule has 0 unspecified atom stereocenters. The first-order chi connectivity index (χ1) is 21.2. The van der Waals surface area contributed by atoms with Crippen LogP contribution in [0.25, 0.3) is 33.4 Å². The van der Waals surface area contributed by atoms with Crippen molar-refractivity contribution >= 4 is 23.8 Å². The van der Waals surface area contributed by atoms with Crippen LogP contribution in [0.2, 0.25) is 0 Å². The van der Waals surface area contributed by atoms with Gasteiger partial charge in [-0.05, 0) is 134 Å². The van der Waals surface area contributed by atoms with Crippen LogP contribution >= 0.6 is 0 Å². The monoisotopic (exact) mass is 548 g/mol. The lowest BCUT2D eigenvalue weighted by Gasteiger charge is -2.04. The summed E-state index contributed by atoms with van der Waals surface area (Å²) >= 11 is 0. The van der Waals surface area contributed by atoms with E-state index in [2.05, 4.69) is 121 Å². The van der Waals surface area contributed by atoms with Crippen LogP contribution in [0.15, 0.2) is 131 Å². The minimum atomic E-state index is 0.908. The van der Waals surface area contributed by atoms with Gasteiger partial charge in [-0.15, -0.1) is 0 Å². The summed E-state index contributed by atoms with van der Waals surface area (Å²) in [7, 11) is 0. The topological polar surface area (TPSA) is 24.7 Å². The van der Waals surface area contributed by atoms with E-state index in [1.807, 2.05) is 12.4 Å². The van der Waals surface area contributed by atoms with Crippen molar-refractivity contribution in [3.8, 4) is 33.4 Å². The zero-order valence-electron chi connectivity index (χ0n) is 23.7. The summed E-state index contributed by atoms with van der Waals surface area (Å²) in [5.41, 5.74) is 20.6. The predicted molar refractivity (Wildman–Crippen MR) is 179 cm³/mol. The molecule has 9 rings (SSSR count). The predicted octanol–water partition coefficient (Wildman–Crippen LogP) is 9.90. The Labute approximate surface area is 251 Å². The molecule has 0 saturated heterocycles. The van der Waals surface area contributed by atoms with E-state index < -0.39 is 0 Å². The van der Waals surface area contributed by atoms with Crippen molar-refractivity contribution in [1.82, 2.24) is 0 Å². The van der Waals surface area contributed by atoms with Gasteiger partial charge in [0.25, 0.3) is 0 Å². The van der Waals surface area contributed by atoms with Gasteiger partial charge in [0.2, 0.25) is 0 Å².